The van der Waals surface area contributed by atoms with E-state index < -0.39 is 12.2 Å². The summed E-state index contributed by atoms with van der Waals surface area (Å²) in [5.41, 5.74) is -0.230. The lowest BCUT2D eigenvalue weighted by Gasteiger charge is -2.11. The zero-order chi connectivity index (χ0) is 14.7. The van der Waals surface area contributed by atoms with Gasteiger partial charge in [-0.1, -0.05) is 41.4 Å². The van der Waals surface area contributed by atoms with Crippen molar-refractivity contribution in [2.24, 2.45) is 0 Å². The second kappa shape index (κ2) is 6.19. The van der Waals surface area contributed by atoms with Crippen LogP contribution >= 0.6 is 23.2 Å². The van der Waals surface area contributed by atoms with Gasteiger partial charge in [0.15, 0.2) is 0 Å². The third kappa shape index (κ3) is 3.26. The molecule has 2 rings (SSSR count). The monoisotopic (exact) mass is 320 g/mol. The van der Waals surface area contributed by atoms with Crippen LogP contribution in [0.15, 0.2) is 35.3 Å². The molecule has 8 heteroatoms. The molecule has 0 fully saturated rings. The van der Waals surface area contributed by atoms with Crippen LogP contribution in [0.5, 0.6) is 5.75 Å². The van der Waals surface area contributed by atoms with Crippen LogP contribution in [0, 0.1) is 0 Å². The van der Waals surface area contributed by atoms with Crippen molar-refractivity contribution in [3.05, 3.63) is 56.4 Å². The molecular formula is C12H8Cl2F2N2O2. The summed E-state index contributed by atoms with van der Waals surface area (Å²) in [6.07, 6.45) is 1.21. The molecule has 1 heterocycles. The number of rotatable bonds is 4. The highest BCUT2D eigenvalue weighted by molar-refractivity contribution is 6.41. The summed E-state index contributed by atoms with van der Waals surface area (Å²) >= 11 is 11.4. The Morgan fingerprint density at radius 1 is 1.30 bits per heavy atom. The second-order valence-electron chi connectivity index (χ2n) is 3.76. The number of ether oxygens (including phenoxy) is 1. The van der Waals surface area contributed by atoms with Crippen LogP contribution in [-0.4, -0.2) is 16.4 Å². The molecule has 0 aliphatic rings. The normalized spacial score (nSPS) is 10.8. The van der Waals surface area contributed by atoms with E-state index in [1.165, 1.54) is 12.3 Å². The Kier molecular flexibility index (Phi) is 4.57. The van der Waals surface area contributed by atoms with Crippen LogP contribution in [-0.2, 0) is 6.54 Å². The van der Waals surface area contributed by atoms with Crippen molar-refractivity contribution in [1.29, 1.82) is 0 Å². The topological polar surface area (TPSA) is 44.1 Å². The molecular weight excluding hydrogens is 313 g/mol. The molecule has 0 aliphatic carbocycles. The average Bonchev–Trinajstić information content (AvgIpc) is 2.41. The third-order valence-electron chi connectivity index (χ3n) is 2.45. The minimum Gasteiger partial charge on any atom is -0.434 e. The molecule has 4 nitrogen and oxygen atoms in total. The molecule has 0 unspecified atom stereocenters. The molecule has 0 spiro atoms. The van der Waals surface area contributed by atoms with Gasteiger partial charge in [0.05, 0.1) is 17.8 Å². The van der Waals surface area contributed by atoms with Gasteiger partial charge in [0, 0.05) is 5.56 Å². The lowest BCUT2D eigenvalue weighted by atomic mass is 10.2. The fourth-order valence-corrected chi connectivity index (χ4v) is 1.84. The summed E-state index contributed by atoms with van der Waals surface area (Å²) in [7, 11) is 0. The van der Waals surface area contributed by atoms with Crippen LogP contribution in [0.4, 0.5) is 8.78 Å². The maximum Gasteiger partial charge on any atom is 0.387 e. The van der Waals surface area contributed by atoms with Gasteiger partial charge >= 0.3 is 6.61 Å². The molecule has 0 bridgehead atoms. The molecule has 0 amide bonds. The summed E-state index contributed by atoms with van der Waals surface area (Å²) in [5.74, 6) is -0.0257. The van der Waals surface area contributed by atoms with Crippen molar-refractivity contribution in [2.75, 3.05) is 0 Å². The number of alkyl halides is 2. The van der Waals surface area contributed by atoms with E-state index in [0.29, 0.717) is 5.56 Å². The zero-order valence-electron chi connectivity index (χ0n) is 9.89. The molecule has 1 aromatic heterocycles. The van der Waals surface area contributed by atoms with Crippen molar-refractivity contribution in [3.63, 3.8) is 0 Å². The first-order valence-corrected chi connectivity index (χ1v) is 6.18. The van der Waals surface area contributed by atoms with Gasteiger partial charge in [-0.05, 0) is 6.07 Å². The van der Waals surface area contributed by atoms with Gasteiger partial charge in [0.1, 0.15) is 10.8 Å². The van der Waals surface area contributed by atoms with Gasteiger partial charge in [-0.2, -0.15) is 13.9 Å². The number of nitrogens with zero attached hydrogens (tertiary/aromatic N) is 2. The highest BCUT2D eigenvalue weighted by Crippen LogP contribution is 2.21. The summed E-state index contributed by atoms with van der Waals surface area (Å²) < 4.78 is 30.0. The maximum atomic E-state index is 12.3. The van der Waals surface area contributed by atoms with E-state index >= 15 is 0 Å². The Morgan fingerprint density at radius 2 is 2.00 bits per heavy atom. The first-order chi connectivity index (χ1) is 9.49. The third-order valence-corrected chi connectivity index (χ3v) is 3.20. The van der Waals surface area contributed by atoms with E-state index in [1.54, 1.807) is 18.2 Å². The quantitative estimate of drug-likeness (QED) is 0.869. The van der Waals surface area contributed by atoms with Crippen molar-refractivity contribution >= 4 is 23.2 Å². The van der Waals surface area contributed by atoms with Crippen molar-refractivity contribution in [3.8, 4) is 5.75 Å². The summed E-state index contributed by atoms with van der Waals surface area (Å²) in [5, 5.41) is 3.66. The smallest absolute Gasteiger partial charge is 0.387 e. The fraction of sp³-hybridized carbons (Fsp3) is 0.167. The summed E-state index contributed by atoms with van der Waals surface area (Å²) in [6, 6.07) is 6.11. The molecule has 0 N–H and O–H groups in total. The van der Waals surface area contributed by atoms with Crippen LogP contribution in [0.2, 0.25) is 10.0 Å². The molecule has 2 aromatic rings. The maximum absolute atomic E-state index is 12.3. The Hall–Kier alpha value is -1.66. The van der Waals surface area contributed by atoms with Gasteiger partial charge in [-0.25, -0.2) is 4.68 Å². The van der Waals surface area contributed by atoms with Crippen molar-refractivity contribution in [2.45, 2.75) is 13.2 Å². The molecule has 0 aliphatic heterocycles. The Balaban J connectivity index is 2.36. The lowest BCUT2D eigenvalue weighted by molar-refractivity contribution is -0.0505. The molecule has 1 aromatic carbocycles. The fourth-order valence-electron chi connectivity index (χ4n) is 1.56. The first kappa shape index (κ1) is 14.7. The number of hydrogen-bond acceptors (Lipinski definition) is 3. The standard InChI is InChI=1S/C12H8Cl2F2N2O2/c13-8-5-17-18(11(19)10(8)14)6-7-3-1-2-4-9(7)20-12(15)16/h1-5,12H,6H2. The van der Waals surface area contributed by atoms with Crippen LogP contribution in [0.3, 0.4) is 0 Å². The number of aromatic nitrogens is 2. The Morgan fingerprint density at radius 3 is 2.70 bits per heavy atom. The van der Waals surface area contributed by atoms with Gasteiger partial charge in [0.25, 0.3) is 5.56 Å². The van der Waals surface area contributed by atoms with Crippen molar-refractivity contribution in [1.82, 2.24) is 9.78 Å². The van der Waals surface area contributed by atoms with Crippen LogP contribution in [0.25, 0.3) is 0 Å². The molecule has 0 atom stereocenters. The van der Waals surface area contributed by atoms with E-state index in [0.717, 1.165) is 4.68 Å². The SMILES string of the molecule is O=c1c(Cl)c(Cl)cnn1Cc1ccccc1OC(F)F. The Bertz CT molecular complexity index is 677. The highest BCUT2D eigenvalue weighted by atomic mass is 35.5. The van der Waals surface area contributed by atoms with Gasteiger partial charge in [-0.3, -0.25) is 4.79 Å². The predicted octanol–water partition coefficient (Wildman–Crippen LogP) is 3.20. The van der Waals surface area contributed by atoms with Crippen LogP contribution in [0.1, 0.15) is 5.56 Å². The molecule has 0 saturated carbocycles. The number of hydrogen-bond donors (Lipinski definition) is 0. The average molecular weight is 321 g/mol. The van der Waals surface area contributed by atoms with E-state index in [2.05, 4.69) is 9.84 Å². The van der Waals surface area contributed by atoms with E-state index in [1.807, 2.05) is 0 Å². The number of benzene rings is 1. The summed E-state index contributed by atoms with van der Waals surface area (Å²) in [4.78, 5) is 11.8. The molecule has 20 heavy (non-hydrogen) atoms. The largest absolute Gasteiger partial charge is 0.434 e. The molecule has 106 valence electrons. The number of para-hydroxylation sites is 1. The molecule has 0 radical (unpaired) electrons. The van der Waals surface area contributed by atoms with Gasteiger partial charge < -0.3 is 4.74 Å². The second-order valence-corrected chi connectivity index (χ2v) is 4.54. The highest BCUT2D eigenvalue weighted by Gasteiger charge is 2.12. The van der Waals surface area contributed by atoms with Gasteiger partial charge in [0.2, 0.25) is 0 Å². The first-order valence-electron chi connectivity index (χ1n) is 5.43. The minimum atomic E-state index is -2.95. The number of halogens is 4. The Labute approximate surface area is 122 Å². The van der Waals surface area contributed by atoms with Gasteiger partial charge in [-0.15, -0.1) is 0 Å². The zero-order valence-corrected chi connectivity index (χ0v) is 11.4. The summed E-state index contributed by atoms with van der Waals surface area (Å²) in [6.45, 7) is -3.01. The van der Waals surface area contributed by atoms with Crippen molar-refractivity contribution < 1.29 is 13.5 Å². The predicted molar refractivity (Wildman–Crippen MR) is 70.7 cm³/mol. The van der Waals surface area contributed by atoms with Crippen LogP contribution < -0.4 is 10.3 Å². The minimum absolute atomic E-state index is 0.0257. The van der Waals surface area contributed by atoms with E-state index in [-0.39, 0.29) is 22.3 Å². The van der Waals surface area contributed by atoms with E-state index in [4.69, 9.17) is 23.2 Å². The molecule has 0 saturated heterocycles. The van der Waals surface area contributed by atoms with E-state index in [9.17, 15) is 13.6 Å². The lowest BCUT2D eigenvalue weighted by Crippen LogP contribution is -2.24.